The molecule has 0 heterocycles. The van der Waals surface area contributed by atoms with E-state index in [2.05, 4.69) is 5.32 Å². The highest BCUT2D eigenvalue weighted by Gasteiger charge is 2.34. The first-order valence-corrected chi connectivity index (χ1v) is 16.1. The Morgan fingerprint density at radius 1 is 0.818 bits per heavy atom. The van der Waals surface area contributed by atoms with Crippen LogP contribution in [0, 0.1) is 0 Å². The number of sulfonamides is 1. The topological polar surface area (TPSA) is 96.0 Å². The van der Waals surface area contributed by atoms with Gasteiger partial charge in [0.05, 0.1) is 17.7 Å². The van der Waals surface area contributed by atoms with Gasteiger partial charge in [-0.3, -0.25) is 13.9 Å². The van der Waals surface area contributed by atoms with E-state index in [4.69, 9.17) is 4.74 Å². The number of hydrogen-bond donors (Lipinski definition) is 1. The number of anilines is 1. The fourth-order valence-corrected chi connectivity index (χ4v) is 6.28. The molecule has 0 radical (unpaired) electrons. The molecule has 1 N–H and O–H groups in total. The minimum Gasteiger partial charge on any atom is -0.497 e. The maximum Gasteiger partial charge on any atom is 0.264 e. The van der Waals surface area contributed by atoms with Gasteiger partial charge in [0.1, 0.15) is 18.3 Å². The molecule has 0 bridgehead atoms. The van der Waals surface area contributed by atoms with Crippen LogP contribution < -0.4 is 14.4 Å². The van der Waals surface area contributed by atoms with Gasteiger partial charge in [0.15, 0.2) is 0 Å². The highest BCUT2D eigenvalue weighted by Crippen LogP contribution is 2.28. The molecule has 44 heavy (non-hydrogen) atoms. The van der Waals surface area contributed by atoms with Crippen LogP contribution in [0.3, 0.4) is 0 Å². The second kappa shape index (κ2) is 15.7. The summed E-state index contributed by atoms with van der Waals surface area (Å²) in [6.45, 7) is 2.12. The Hall–Kier alpha value is -4.63. The Morgan fingerprint density at radius 2 is 1.43 bits per heavy atom. The molecule has 9 heteroatoms. The number of hydrogen-bond acceptors (Lipinski definition) is 5. The van der Waals surface area contributed by atoms with E-state index in [9.17, 15) is 18.0 Å². The molecule has 4 aromatic rings. The Kier molecular flexibility index (Phi) is 11.5. The van der Waals surface area contributed by atoms with Crippen LogP contribution in [-0.4, -0.2) is 51.4 Å². The summed E-state index contributed by atoms with van der Waals surface area (Å²) in [4.78, 5) is 29.7. The monoisotopic (exact) mass is 613 g/mol. The SMILES string of the molecule is CCCCNC(=O)C(Cc1ccccc1)N(Cc1ccccc1)C(=O)CN(c1cccc(OC)c1)S(=O)(=O)c1ccccc1. The van der Waals surface area contributed by atoms with Gasteiger partial charge in [-0.25, -0.2) is 8.42 Å². The molecule has 8 nitrogen and oxygen atoms in total. The molecule has 0 saturated heterocycles. The van der Waals surface area contributed by atoms with Gasteiger partial charge in [0.25, 0.3) is 10.0 Å². The highest BCUT2D eigenvalue weighted by molar-refractivity contribution is 7.92. The molecule has 0 aliphatic heterocycles. The predicted octanol–water partition coefficient (Wildman–Crippen LogP) is 5.45. The lowest BCUT2D eigenvalue weighted by molar-refractivity contribution is -0.140. The maximum atomic E-state index is 14.4. The van der Waals surface area contributed by atoms with Crippen molar-refractivity contribution in [2.24, 2.45) is 0 Å². The van der Waals surface area contributed by atoms with Crippen molar-refractivity contribution in [1.29, 1.82) is 0 Å². The van der Waals surface area contributed by atoms with Crippen molar-refractivity contribution in [3.05, 3.63) is 126 Å². The fraction of sp³-hybridized carbons (Fsp3) is 0.257. The van der Waals surface area contributed by atoms with E-state index in [1.165, 1.54) is 24.1 Å². The Bertz CT molecular complexity index is 1600. The van der Waals surface area contributed by atoms with Crippen molar-refractivity contribution in [3.63, 3.8) is 0 Å². The molecule has 2 amide bonds. The Labute approximate surface area is 260 Å². The molecular weight excluding hydrogens is 574 g/mol. The first-order valence-electron chi connectivity index (χ1n) is 14.7. The number of methoxy groups -OCH3 is 1. The number of carbonyl (C=O) groups excluding carboxylic acids is 2. The van der Waals surface area contributed by atoms with Crippen LogP contribution in [0.2, 0.25) is 0 Å². The zero-order valence-electron chi connectivity index (χ0n) is 25.1. The zero-order chi connectivity index (χ0) is 31.4. The lowest BCUT2D eigenvalue weighted by Gasteiger charge is -2.34. The van der Waals surface area contributed by atoms with Crippen molar-refractivity contribution in [1.82, 2.24) is 10.2 Å². The molecule has 0 aliphatic rings. The molecule has 0 aliphatic carbocycles. The quantitative estimate of drug-likeness (QED) is 0.180. The molecular formula is C35H39N3O5S. The molecule has 4 rings (SSSR count). The van der Waals surface area contributed by atoms with Gasteiger partial charge >= 0.3 is 0 Å². The summed E-state index contributed by atoms with van der Waals surface area (Å²) in [7, 11) is -2.68. The van der Waals surface area contributed by atoms with Crippen LogP contribution in [-0.2, 0) is 32.6 Å². The second-order valence-electron chi connectivity index (χ2n) is 10.4. The van der Waals surface area contributed by atoms with Crippen LogP contribution in [0.25, 0.3) is 0 Å². The third kappa shape index (κ3) is 8.48. The number of nitrogens with one attached hydrogen (secondary N) is 1. The minimum absolute atomic E-state index is 0.0448. The summed E-state index contributed by atoms with van der Waals surface area (Å²) >= 11 is 0. The standard InChI is InChI=1S/C35H39N3O5S/c1-3-4-23-36-35(40)33(24-28-15-8-5-9-16-28)37(26-29-17-10-6-11-18-29)34(39)27-38(30-19-14-20-31(25-30)43-2)44(41,42)32-21-12-7-13-22-32/h5-22,25,33H,3-4,23-24,26-27H2,1-2H3,(H,36,40). The van der Waals surface area contributed by atoms with Gasteiger partial charge < -0.3 is 15.0 Å². The summed E-state index contributed by atoms with van der Waals surface area (Å²) in [6, 6.07) is 32.6. The van der Waals surface area contributed by atoms with E-state index < -0.39 is 28.5 Å². The van der Waals surface area contributed by atoms with Crippen molar-refractivity contribution in [2.75, 3.05) is 24.5 Å². The Morgan fingerprint density at radius 3 is 2.05 bits per heavy atom. The third-order valence-corrected chi connectivity index (χ3v) is 9.04. The maximum absolute atomic E-state index is 14.4. The molecule has 0 aromatic heterocycles. The van der Waals surface area contributed by atoms with Gasteiger partial charge in [-0.15, -0.1) is 0 Å². The van der Waals surface area contributed by atoms with Crippen molar-refractivity contribution in [3.8, 4) is 5.75 Å². The molecule has 0 spiro atoms. The van der Waals surface area contributed by atoms with Gasteiger partial charge in [0.2, 0.25) is 11.8 Å². The normalized spacial score (nSPS) is 11.8. The lowest BCUT2D eigenvalue weighted by Crippen LogP contribution is -2.53. The zero-order valence-corrected chi connectivity index (χ0v) is 26.0. The molecule has 0 fully saturated rings. The van der Waals surface area contributed by atoms with E-state index in [-0.39, 0.29) is 29.5 Å². The number of ether oxygens (including phenoxy) is 1. The number of benzene rings is 4. The van der Waals surface area contributed by atoms with Crippen molar-refractivity contribution in [2.45, 2.75) is 43.7 Å². The van der Waals surface area contributed by atoms with E-state index in [1.54, 1.807) is 42.5 Å². The van der Waals surface area contributed by atoms with E-state index in [0.29, 0.717) is 12.3 Å². The van der Waals surface area contributed by atoms with Gasteiger partial charge in [0, 0.05) is 25.6 Å². The van der Waals surface area contributed by atoms with Gasteiger partial charge in [-0.2, -0.15) is 0 Å². The summed E-state index contributed by atoms with van der Waals surface area (Å²) in [6.07, 6.45) is 1.97. The Balaban J connectivity index is 1.78. The number of unbranched alkanes of at least 4 members (excludes halogenated alkanes) is 1. The van der Waals surface area contributed by atoms with E-state index >= 15 is 0 Å². The average Bonchev–Trinajstić information content (AvgIpc) is 3.06. The fourth-order valence-electron chi connectivity index (χ4n) is 4.85. The summed E-state index contributed by atoms with van der Waals surface area (Å²) < 4.78 is 34.6. The summed E-state index contributed by atoms with van der Waals surface area (Å²) in [5.41, 5.74) is 1.97. The van der Waals surface area contributed by atoms with Crippen LogP contribution >= 0.6 is 0 Å². The molecule has 230 valence electrons. The smallest absolute Gasteiger partial charge is 0.264 e. The molecule has 4 aromatic carbocycles. The van der Waals surface area contributed by atoms with E-state index in [0.717, 1.165) is 28.3 Å². The second-order valence-corrected chi connectivity index (χ2v) is 12.2. The molecule has 1 atom stereocenters. The number of amides is 2. The first kappa shape index (κ1) is 32.3. The van der Waals surface area contributed by atoms with Crippen molar-refractivity contribution >= 4 is 27.5 Å². The van der Waals surface area contributed by atoms with Crippen molar-refractivity contribution < 1.29 is 22.7 Å². The number of rotatable bonds is 15. The van der Waals surface area contributed by atoms with Gasteiger partial charge in [-0.1, -0.05) is 98.3 Å². The summed E-state index contributed by atoms with van der Waals surface area (Å²) in [5, 5.41) is 3.00. The minimum atomic E-state index is -4.17. The summed E-state index contributed by atoms with van der Waals surface area (Å²) in [5.74, 6) is -0.352. The van der Waals surface area contributed by atoms with Crippen LogP contribution in [0.5, 0.6) is 5.75 Å². The lowest BCUT2D eigenvalue weighted by atomic mass is 10.0. The van der Waals surface area contributed by atoms with Crippen LogP contribution in [0.4, 0.5) is 5.69 Å². The van der Waals surface area contributed by atoms with Gasteiger partial charge in [-0.05, 0) is 41.8 Å². The average molecular weight is 614 g/mol. The largest absolute Gasteiger partial charge is 0.497 e. The third-order valence-electron chi connectivity index (χ3n) is 7.25. The van der Waals surface area contributed by atoms with E-state index in [1.807, 2.05) is 67.6 Å². The number of carbonyl (C=O) groups is 2. The first-order chi connectivity index (χ1) is 21.3. The molecule has 0 saturated carbocycles. The highest BCUT2D eigenvalue weighted by atomic mass is 32.2. The predicted molar refractivity (Wildman–Crippen MR) is 173 cm³/mol. The van der Waals surface area contributed by atoms with Crippen LogP contribution in [0.1, 0.15) is 30.9 Å². The number of nitrogens with zero attached hydrogens (tertiary/aromatic N) is 2. The van der Waals surface area contributed by atoms with Crippen LogP contribution in [0.15, 0.2) is 120 Å². The molecule has 1 unspecified atom stereocenters.